The molecule has 0 radical (unpaired) electrons. The van der Waals surface area contributed by atoms with Gasteiger partial charge in [0.1, 0.15) is 5.75 Å². The van der Waals surface area contributed by atoms with Crippen LogP contribution in [-0.4, -0.2) is 19.2 Å². The van der Waals surface area contributed by atoms with Gasteiger partial charge in [0.2, 0.25) is 0 Å². The summed E-state index contributed by atoms with van der Waals surface area (Å²) in [5.74, 6) is 0.691. The van der Waals surface area contributed by atoms with E-state index in [2.05, 4.69) is 10.6 Å². The zero-order chi connectivity index (χ0) is 13.0. The molecule has 1 saturated carbocycles. The maximum atomic E-state index is 11.8. The molecular weight excluding hydrogens is 228 g/mol. The molecule has 0 saturated heterocycles. The van der Waals surface area contributed by atoms with Gasteiger partial charge in [-0.1, -0.05) is 18.9 Å². The van der Waals surface area contributed by atoms with E-state index in [9.17, 15) is 4.79 Å². The van der Waals surface area contributed by atoms with Crippen LogP contribution in [0.2, 0.25) is 0 Å². The fraction of sp³-hybridized carbons (Fsp3) is 0.500. The number of methoxy groups -OCH3 is 1. The summed E-state index contributed by atoms with van der Waals surface area (Å²) >= 11 is 0. The quantitative estimate of drug-likeness (QED) is 0.863. The van der Waals surface area contributed by atoms with Crippen LogP contribution in [0.25, 0.3) is 0 Å². The second-order valence-corrected chi connectivity index (χ2v) is 4.78. The van der Waals surface area contributed by atoms with Crippen molar-refractivity contribution in [2.75, 3.05) is 12.4 Å². The molecular formula is C14H20N2O2. The lowest BCUT2D eigenvalue weighted by Crippen LogP contribution is -2.36. The van der Waals surface area contributed by atoms with E-state index in [1.165, 1.54) is 12.8 Å². The van der Waals surface area contributed by atoms with E-state index in [1.54, 1.807) is 7.11 Å². The Labute approximate surface area is 108 Å². The van der Waals surface area contributed by atoms with E-state index in [1.807, 2.05) is 25.1 Å². The van der Waals surface area contributed by atoms with Crippen LogP contribution in [0.4, 0.5) is 10.5 Å². The standard InChI is InChI=1S/C14H20N2O2/c1-10-7-8-12(13(9-10)18-2)16-14(17)15-11-5-3-4-6-11/h7-9,11H,3-6H2,1-2H3,(H2,15,16,17). The maximum absolute atomic E-state index is 11.8. The van der Waals surface area contributed by atoms with Crippen molar-refractivity contribution in [2.45, 2.75) is 38.6 Å². The summed E-state index contributed by atoms with van der Waals surface area (Å²) in [5, 5.41) is 5.83. The maximum Gasteiger partial charge on any atom is 0.319 e. The van der Waals surface area contributed by atoms with Gasteiger partial charge < -0.3 is 15.4 Å². The van der Waals surface area contributed by atoms with Gasteiger partial charge in [-0.15, -0.1) is 0 Å². The van der Waals surface area contributed by atoms with E-state index in [-0.39, 0.29) is 6.03 Å². The van der Waals surface area contributed by atoms with Crippen molar-refractivity contribution in [1.29, 1.82) is 0 Å². The number of hydrogen-bond donors (Lipinski definition) is 2. The van der Waals surface area contributed by atoms with Crippen molar-refractivity contribution in [3.05, 3.63) is 23.8 Å². The molecule has 1 aliphatic carbocycles. The molecule has 0 atom stereocenters. The summed E-state index contributed by atoms with van der Waals surface area (Å²) in [4.78, 5) is 11.8. The van der Waals surface area contributed by atoms with E-state index in [0.29, 0.717) is 17.5 Å². The number of hydrogen-bond acceptors (Lipinski definition) is 2. The van der Waals surface area contributed by atoms with Gasteiger partial charge in [0.15, 0.2) is 0 Å². The number of urea groups is 1. The molecule has 0 bridgehead atoms. The lowest BCUT2D eigenvalue weighted by Gasteiger charge is -2.15. The molecule has 0 heterocycles. The average Bonchev–Trinajstić information content (AvgIpc) is 2.84. The summed E-state index contributed by atoms with van der Waals surface area (Å²) < 4.78 is 5.25. The molecule has 0 aromatic heterocycles. The molecule has 2 N–H and O–H groups in total. The van der Waals surface area contributed by atoms with Gasteiger partial charge >= 0.3 is 6.03 Å². The molecule has 0 spiro atoms. The summed E-state index contributed by atoms with van der Waals surface area (Å²) in [6.45, 7) is 1.99. The van der Waals surface area contributed by atoms with Crippen LogP contribution in [0.3, 0.4) is 0 Å². The van der Waals surface area contributed by atoms with E-state index in [4.69, 9.17) is 4.74 Å². The monoisotopic (exact) mass is 248 g/mol. The van der Waals surface area contributed by atoms with Crippen molar-refractivity contribution in [3.8, 4) is 5.75 Å². The zero-order valence-electron chi connectivity index (χ0n) is 11.0. The van der Waals surface area contributed by atoms with Crippen molar-refractivity contribution in [1.82, 2.24) is 5.32 Å². The average molecular weight is 248 g/mol. The highest BCUT2D eigenvalue weighted by molar-refractivity contribution is 5.91. The number of amides is 2. The van der Waals surface area contributed by atoms with Gasteiger partial charge in [0.25, 0.3) is 0 Å². The molecule has 2 amide bonds. The molecule has 0 unspecified atom stereocenters. The van der Waals surface area contributed by atoms with E-state index < -0.39 is 0 Å². The summed E-state index contributed by atoms with van der Waals surface area (Å²) in [5.41, 5.74) is 1.81. The topological polar surface area (TPSA) is 50.4 Å². The Balaban J connectivity index is 1.97. The number of ether oxygens (including phenoxy) is 1. The first-order valence-corrected chi connectivity index (χ1v) is 6.41. The summed E-state index contributed by atoms with van der Waals surface area (Å²) in [6, 6.07) is 5.90. The van der Waals surface area contributed by atoms with Gasteiger partial charge in [-0.3, -0.25) is 0 Å². The highest BCUT2D eigenvalue weighted by Gasteiger charge is 2.17. The predicted octanol–water partition coefficient (Wildman–Crippen LogP) is 3.07. The van der Waals surface area contributed by atoms with Gasteiger partial charge in [-0.25, -0.2) is 4.79 Å². The fourth-order valence-corrected chi connectivity index (χ4v) is 2.32. The summed E-state index contributed by atoms with van der Waals surface area (Å²) in [7, 11) is 1.61. The smallest absolute Gasteiger partial charge is 0.319 e. The van der Waals surface area contributed by atoms with Gasteiger partial charge in [0.05, 0.1) is 12.8 Å². The Morgan fingerprint density at radius 3 is 2.72 bits per heavy atom. The Morgan fingerprint density at radius 1 is 1.33 bits per heavy atom. The van der Waals surface area contributed by atoms with Crippen LogP contribution in [0.15, 0.2) is 18.2 Å². The molecule has 4 heteroatoms. The Bertz CT molecular complexity index is 426. The van der Waals surface area contributed by atoms with Crippen LogP contribution >= 0.6 is 0 Å². The van der Waals surface area contributed by atoms with Crippen LogP contribution < -0.4 is 15.4 Å². The zero-order valence-corrected chi connectivity index (χ0v) is 11.0. The fourth-order valence-electron chi connectivity index (χ4n) is 2.32. The van der Waals surface area contributed by atoms with Gasteiger partial charge in [-0.05, 0) is 37.5 Å². The first-order valence-electron chi connectivity index (χ1n) is 6.41. The van der Waals surface area contributed by atoms with Crippen LogP contribution in [0, 0.1) is 6.92 Å². The van der Waals surface area contributed by atoms with Crippen molar-refractivity contribution in [3.63, 3.8) is 0 Å². The number of carbonyl (C=O) groups is 1. The third kappa shape index (κ3) is 3.15. The molecule has 18 heavy (non-hydrogen) atoms. The minimum Gasteiger partial charge on any atom is -0.495 e. The normalized spacial score (nSPS) is 15.4. The molecule has 1 aromatic carbocycles. The van der Waals surface area contributed by atoms with Crippen LogP contribution in [-0.2, 0) is 0 Å². The molecule has 1 aromatic rings. The number of anilines is 1. The highest BCUT2D eigenvalue weighted by atomic mass is 16.5. The first kappa shape index (κ1) is 12.7. The third-order valence-corrected chi connectivity index (χ3v) is 3.30. The van der Waals surface area contributed by atoms with E-state index >= 15 is 0 Å². The van der Waals surface area contributed by atoms with Crippen molar-refractivity contribution < 1.29 is 9.53 Å². The number of aryl methyl sites for hydroxylation is 1. The molecule has 98 valence electrons. The second-order valence-electron chi connectivity index (χ2n) is 4.78. The summed E-state index contributed by atoms with van der Waals surface area (Å²) in [6.07, 6.45) is 4.58. The molecule has 0 aliphatic heterocycles. The Hall–Kier alpha value is -1.71. The number of carbonyl (C=O) groups excluding carboxylic acids is 1. The minimum absolute atomic E-state index is 0.149. The third-order valence-electron chi connectivity index (χ3n) is 3.30. The molecule has 1 aliphatic rings. The Kier molecular flexibility index (Phi) is 4.07. The lowest BCUT2D eigenvalue weighted by atomic mass is 10.2. The van der Waals surface area contributed by atoms with Crippen molar-refractivity contribution in [2.24, 2.45) is 0 Å². The van der Waals surface area contributed by atoms with Crippen LogP contribution in [0.5, 0.6) is 5.75 Å². The second kappa shape index (κ2) is 5.76. The minimum atomic E-state index is -0.149. The largest absolute Gasteiger partial charge is 0.495 e. The first-order chi connectivity index (χ1) is 8.69. The number of nitrogens with one attached hydrogen (secondary N) is 2. The Morgan fingerprint density at radius 2 is 2.06 bits per heavy atom. The van der Waals surface area contributed by atoms with Crippen molar-refractivity contribution >= 4 is 11.7 Å². The van der Waals surface area contributed by atoms with Crippen LogP contribution in [0.1, 0.15) is 31.2 Å². The predicted molar refractivity (Wildman–Crippen MR) is 72.1 cm³/mol. The molecule has 4 nitrogen and oxygen atoms in total. The number of benzene rings is 1. The SMILES string of the molecule is COc1cc(C)ccc1NC(=O)NC1CCCC1. The highest BCUT2D eigenvalue weighted by Crippen LogP contribution is 2.25. The van der Waals surface area contributed by atoms with Gasteiger partial charge in [0, 0.05) is 6.04 Å². The van der Waals surface area contributed by atoms with E-state index in [0.717, 1.165) is 18.4 Å². The number of rotatable bonds is 3. The molecule has 2 rings (SSSR count). The lowest BCUT2D eigenvalue weighted by molar-refractivity contribution is 0.248. The van der Waals surface area contributed by atoms with Gasteiger partial charge in [-0.2, -0.15) is 0 Å². The molecule has 1 fully saturated rings.